The number of hydrogen-bond donors (Lipinski definition) is 2. The lowest BCUT2D eigenvalue weighted by atomic mass is 10.2. The van der Waals surface area contributed by atoms with Crippen LogP contribution < -0.4 is 10.6 Å². The summed E-state index contributed by atoms with van der Waals surface area (Å²) in [6, 6.07) is 11.0. The molecule has 0 bridgehead atoms. The summed E-state index contributed by atoms with van der Waals surface area (Å²) in [5.41, 5.74) is 3.37. The van der Waals surface area contributed by atoms with Crippen molar-refractivity contribution in [3.05, 3.63) is 77.9 Å². The van der Waals surface area contributed by atoms with E-state index in [0.29, 0.717) is 18.7 Å². The molecule has 7 heteroatoms. The minimum atomic E-state index is -0.132. The summed E-state index contributed by atoms with van der Waals surface area (Å²) in [5.74, 6) is 0.189. The summed E-state index contributed by atoms with van der Waals surface area (Å²) in [7, 11) is 0. The summed E-state index contributed by atoms with van der Waals surface area (Å²) >= 11 is 0. The quantitative estimate of drug-likeness (QED) is 0.663. The molecule has 2 aromatic heterocycles. The van der Waals surface area contributed by atoms with E-state index < -0.39 is 0 Å². The second kappa shape index (κ2) is 8.04. The van der Waals surface area contributed by atoms with Crippen LogP contribution >= 0.6 is 0 Å². The molecule has 1 aliphatic rings. The number of amides is 2. The summed E-state index contributed by atoms with van der Waals surface area (Å²) in [4.78, 5) is 28.0. The van der Waals surface area contributed by atoms with Gasteiger partial charge in [-0.1, -0.05) is 0 Å². The Kier molecular flexibility index (Phi) is 5.14. The van der Waals surface area contributed by atoms with Gasteiger partial charge < -0.3 is 10.6 Å². The molecule has 0 atom stereocenters. The maximum atomic E-state index is 12.3. The van der Waals surface area contributed by atoms with Crippen LogP contribution in [0.2, 0.25) is 0 Å². The van der Waals surface area contributed by atoms with Gasteiger partial charge in [0, 0.05) is 48.7 Å². The highest BCUT2D eigenvalue weighted by molar-refractivity contribution is 5.94. The molecule has 2 amide bonds. The van der Waals surface area contributed by atoms with Gasteiger partial charge in [-0.25, -0.2) is 4.68 Å². The SMILES string of the molecule is O=C(NCc1ccncc1)c1ccc(-n2cc(CNC(=O)C3CC3)cn2)cc1. The van der Waals surface area contributed by atoms with Gasteiger partial charge in [0.25, 0.3) is 5.91 Å². The molecule has 3 aromatic rings. The van der Waals surface area contributed by atoms with Gasteiger partial charge in [-0.2, -0.15) is 5.10 Å². The van der Waals surface area contributed by atoms with Gasteiger partial charge in [-0.15, -0.1) is 0 Å². The van der Waals surface area contributed by atoms with E-state index in [0.717, 1.165) is 29.7 Å². The summed E-state index contributed by atoms with van der Waals surface area (Å²) in [6.45, 7) is 0.934. The molecule has 1 aliphatic carbocycles. The number of hydrogen-bond acceptors (Lipinski definition) is 4. The van der Waals surface area contributed by atoms with Gasteiger partial charge in [-0.3, -0.25) is 14.6 Å². The number of nitrogens with zero attached hydrogens (tertiary/aromatic N) is 3. The van der Waals surface area contributed by atoms with Crippen LogP contribution in [-0.4, -0.2) is 26.6 Å². The number of carbonyl (C=O) groups is 2. The fraction of sp³-hybridized carbons (Fsp3) is 0.238. The zero-order valence-corrected chi connectivity index (χ0v) is 15.3. The highest BCUT2D eigenvalue weighted by Gasteiger charge is 2.29. The molecule has 0 radical (unpaired) electrons. The molecule has 142 valence electrons. The molecule has 2 heterocycles. The van der Waals surface area contributed by atoms with Crippen LogP contribution in [0.5, 0.6) is 0 Å². The lowest BCUT2D eigenvalue weighted by Crippen LogP contribution is -2.23. The second-order valence-electron chi connectivity index (χ2n) is 6.87. The largest absolute Gasteiger partial charge is 0.352 e. The van der Waals surface area contributed by atoms with Crippen LogP contribution in [0.25, 0.3) is 5.69 Å². The third kappa shape index (κ3) is 4.43. The number of rotatable bonds is 7. The lowest BCUT2D eigenvalue weighted by molar-refractivity contribution is -0.122. The van der Waals surface area contributed by atoms with E-state index in [-0.39, 0.29) is 17.7 Å². The first-order valence-electron chi connectivity index (χ1n) is 9.28. The zero-order valence-electron chi connectivity index (χ0n) is 15.3. The number of pyridine rings is 1. The number of aromatic nitrogens is 3. The number of benzene rings is 1. The molecule has 7 nitrogen and oxygen atoms in total. The molecular formula is C21H21N5O2. The Bertz CT molecular complexity index is 962. The predicted octanol–water partition coefficient (Wildman–Crippen LogP) is 2.22. The fourth-order valence-corrected chi connectivity index (χ4v) is 2.82. The molecule has 1 aromatic carbocycles. The lowest BCUT2D eigenvalue weighted by Gasteiger charge is -2.06. The van der Waals surface area contributed by atoms with Gasteiger partial charge in [0.15, 0.2) is 0 Å². The Hall–Kier alpha value is -3.48. The summed E-state index contributed by atoms with van der Waals surface area (Å²) in [6.07, 6.45) is 9.01. The van der Waals surface area contributed by atoms with E-state index in [1.165, 1.54) is 0 Å². The van der Waals surface area contributed by atoms with Crippen LogP contribution in [0.15, 0.2) is 61.2 Å². The topological polar surface area (TPSA) is 88.9 Å². The van der Waals surface area contributed by atoms with Crippen LogP contribution in [0.3, 0.4) is 0 Å². The molecule has 4 rings (SSSR count). The minimum Gasteiger partial charge on any atom is -0.352 e. The highest BCUT2D eigenvalue weighted by Crippen LogP contribution is 2.28. The van der Waals surface area contributed by atoms with E-state index in [4.69, 9.17) is 0 Å². The molecule has 0 spiro atoms. The standard InChI is InChI=1S/C21H21N5O2/c27-20(17-1-2-17)24-12-16-13-25-26(14-16)19-5-3-18(4-6-19)21(28)23-11-15-7-9-22-10-8-15/h3-10,13-14,17H,1-2,11-12H2,(H,23,28)(H,24,27). The molecule has 1 fully saturated rings. The van der Waals surface area contributed by atoms with Crippen LogP contribution in [-0.2, 0) is 17.9 Å². The van der Waals surface area contributed by atoms with Gasteiger partial charge in [0.2, 0.25) is 5.91 Å². The van der Waals surface area contributed by atoms with E-state index >= 15 is 0 Å². The fourth-order valence-electron chi connectivity index (χ4n) is 2.82. The third-order valence-electron chi connectivity index (χ3n) is 4.65. The van der Waals surface area contributed by atoms with Crippen molar-refractivity contribution in [2.75, 3.05) is 0 Å². The Morgan fingerprint density at radius 2 is 1.68 bits per heavy atom. The molecular weight excluding hydrogens is 354 g/mol. The average molecular weight is 375 g/mol. The highest BCUT2D eigenvalue weighted by atomic mass is 16.2. The van der Waals surface area contributed by atoms with Crippen LogP contribution in [0.4, 0.5) is 0 Å². The van der Waals surface area contributed by atoms with Crippen molar-refractivity contribution in [3.63, 3.8) is 0 Å². The maximum absolute atomic E-state index is 12.3. The van der Waals surface area contributed by atoms with Gasteiger partial charge in [0.1, 0.15) is 0 Å². The van der Waals surface area contributed by atoms with Crippen molar-refractivity contribution in [1.82, 2.24) is 25.4 Å². The molecule has 0 unspecified atom stereocenters. The molecule has 2 N–H and O–H groups in total. The Labute approximate surface area is 162 Å². The van der Waals surface area contributed by atoms with Gasteiger partial charge in [-0.05, 0) is 54.8 Å². The van der Waals surface area contributed by atoms with Crippen LogP contribution in [0, 0.1) is 5.92 Å². The van der Waals surface area contributed by atoms with E-state index in [9.17, 15) is 9.59 Å². The summed E-state index contributed by atoms with van der Waals surface area (Å²) in [5, 5.41) is 10.2. The first kappa shape index (κ1) is 17.9. The molecule has 0 saturated heterocycles. The Morgan fingerprint density at radius 1 is 0.964 bits per heavy atom. The summed E-state index contributed by atoms with van der Waals surface area (Å²) < 4.78 is 1.73. The average Bonchev–Trinajstić information content (AvgIpc) is 3.49. The third-order valence-corrected chi connectivity index (χ3v) is 4.65. The smallest absolute Gasteiger partial charge is 0.251 e. The van der Waals surface area contributed by atoms with E-state index in [2.05, 4.69) is 20.7 Å². The van der Waals surface area contributed by atoms with Crippen molar-refractivity contribution in [1.29, 1.82) is 0 Å². The van der Waals surface area contributed by atoms with Crippen molar-refractivity contribution < 1.29 is 9.59 Å². The first-order chi connectivity index (χ1) is 13.7. The van der Waals surface area contributed by atoms with Crippen molar-refractivity contribution in [3.8, 4) is 5.69 Å². The van der Waals surface area contributed by atoms with Crippen molar-refractivity contribution in [2.24, 2.45) is 5.92 Å². The zero-order chi connectivity index (χ0) is 19.3. The van der Waals surface area contributed by atoms with Gasteiger partial charge in [0.05, 0.1) is 11.9 Å². The normalized spacial score (nSPS) is 13.1. The van der Waals surface area contributed by atoms with Crippen molar-refractivity contribution in [2.45, 2.75) is 25.9 Å². The molecule has 1 saturated carbocycles. The predicted molar refractivity (Wildman–Crippen MR) is 104 cm³/mol. The molecule has 0 aliphatic heterocycles. The first-order valence-corrected chi connectivity index (χ1v) is 9.28. The Balaban J connectivity index is 1.33. The van der Waals surface area contributed by atoms with E-state index in [1.54, 1.807) is 35.4 Å². The second-order valence-corrected chi connectivity index (χ2v) is 6.87. The Morgan fingerprint density at radius 3 is 2.39 bits per heavy atom. The maximum Gasteiger partial charge on any atom is 0.251 e. The monoisotopic (exact) mass is 375 g/mol. The molecule has 28 heavy (non-hydrogen) atoms. The minimum absolute atomic E-state index is 0.120. The number of nitrogens with one attached hydrogen (secondary N) is 2. The van der Waals surface area contributed by atoms with Gasteiger partial charge >= 0.3 is 0 Å². The van der Waals surface area contributed by atoms with Crippen molar-refractivity contribution >= 4 is 11.8 Å². The number of carbonyl (C=O) groups excluding carboxylic acids is 2. The van der Waals surface area contributed by atoms with Crippen LogP contribution in [0.1, 0.15) is 34.3 Å². The van der Waals surface area contributed by atoms with E-state index in [1.807, 2.05) is 30.5 Å².